The lowest BCUT2D eigenvalue weighted by molar-refractivity contribution is -0.115. The molecular weight excluding hydrogens is 464 g/mol. The fourth-order valence-electron chi connectivity index (χ4n) is 4.03. The van der Waals surface area contributed by atoms with Crippen molar-refractivity contribution in [3.05, 3.63) is 108 Å². The van der Waals surface area contributed by atoms with Crippen molar-refractivity contribution in [2.45, 2.75) is 11.3 Å². The van der Waals surface area contributed by atoms with Crippen LogP contribution in [0, 0.1) is 0 Å². The maximum atomic E-state index is 13.2. The first kappa shape index (κ1) is 22.3. The van der Waals surface area contributed by atoms with Gasteiger partial charge in [-0.15, -0.1) is 11.8 Å². The molecule has 168 valence electrons. The van der Waals surface area contributed by atoms with E-state index in [1.54, 1.807) is 12.1 Å². The van der Waals surface area contributed by atoms with E-state index in [9.17, 15) is 9.59 Å². The topological polar surface area (TPSA) is 51.1 Å². The van der Waals surface area contributed by atoms with E-state index in [4.69, 9.17) is 11.6 Å². The van der Waals surface area contributed by atoms with Gasteiger partial charge in [-0.1, -0.05) is 60.1 Å². The van der Waals surface area contributed by atoms with Crippen LogP contribution in [0.15, 0.2) is 102 Å². The average Bonchev–Trinajstić information content (AvgIpc) is 3.19. The van der Waals surface area contributed by atoms with Gasteiger partial charge in [-0.05, 0) is 54.1 Å². The van der Waals surface area contributed by atoms with Crippen molar-refractivity contribution >= 4 is 62.7 Å². The first-order valence-corrected chi connectivity index (χ1v) is 12.2. The normalized spacial score (nSPS) is 11.1. The first-order chi connectivity index (χ1) is 16.6. The maximum absolute atomic E-state index is 13.2. The largest absolute Gasteiger partial charge is 0.326 e. The number of nitrogens with one attached hydrogen (secondary N) is 1. The van der Waals surface area contributed by atoms with Crippen LogP contribution in [-0.2, 0) is 11.2 Å². The number of fused-ring (bicyclic) bond motifs is 3. The van der Waals surface area contributed by atoms with Crippen molar-refractivity contribution < 1.29 is 9.59 Å². The summed E-state index contributed by atoms with van der Waals surface area (Å²) in [6.07, 6.45) is 0.279. The lowest BCUT2D eigenvalue weighted by Crippen LogP contribution is -2.14. The van der Waals surface area contributed by atoms with Crippen molar-refractivity contribution in [3.63, 3.8) is 0 Å². The zero-order chi connectivity index (χ0) is 23.5. The van der Waals surface area contributed by atoms with E-state index in [1.807, 2.05) is 77.4 Å². The molecule has 34 heavy (non-hydrogen) atoms. The number of para-hydroxylation sites is 2. The molecule has 0 unspecified atom stereocenters. The number of aromatic nitrogens is 1. The second-order valence-corrected chi connectivity index (χ2v) is 9.41. The van der Waals surface area contributed by atoms with Crippen LogP contribution >= 0.6 is 23.4 Å². The highest BCUT2D eigenvalue weighted by molar-refractivity contribution is 8.00. The molecule has 0 spiro atoms. The molecule has 0 saturated heterocycles. The molecule has 6 heteroatoms. The summed E-state index contributed by atoms with van der Waals surface area (Å²) in [5.41, 5.74) is 3.47. The van der Waals surface area contributed by atoms with Crippen molar-refractivity contribution in [1.82, 2.24) is 4.57 Å². The predicted octanol–water partition coefficient (Wildman–Crippen LogP) is 7.06. The molecule has 0 aliphatic heterocycles. The minimum absolute atomic E-state index is 0.0303. The average molecular weight is 485 g/mol. The summed E-state index contributed by atoms with van der Waals surface area (Å²) in [5, 5.41) is 5.71. The monoisotopic (exact) mass is 484 g/mol. The van der Waals surface area contributed by atoms with Crippen LogP contribution in [0.25, 0.3) is 21.8 Å². The summed E-state index contributed by atoms with van der Waals surface area (Å²) in [5.74, 6) is 0.248. The summed E-state index contributed by atoms with van der Waals surface area (Å²) >= 11 is 7.37. The molecule has 0 bridgehead atoms. The molecule has 0 atom stereocenters. The summed E-state index contributed by atoms with van der Waals surface area (Å²) in [4.78, 5) is 26.5. The van der Waals surface area contributed by atoms with E-state index >= 15 is 0 Å². The molecule has 1 amide bonds. The number of carbonyl (C=O) groups is 2. The Morgan fingerprint density at radius 2 is 1.35 bits per heavy atom. The Hall–Kier alpha value is -3.54. The minimum Gasteiger partial charge on any atom is -0.326 e. The number of thioether (sulfide) groups is 1. The van der Waals surface area contributed by atoms with Crippen LogP contribution < -0.4 is 5.32 Å². The van der Waals surface area contributed by atoms with Crippen LogP contribution in [0.2, 0.25) is 5.02 Å². The van der Waals surface area contributed by atoms with E-state index in [0.29, 0.717) is 10.8 Å². The van der Waals surface area contributed by atoms with Crippen LogP contribution in [0.4, 0.5) is 5.69 Å². The summed E-state index contributed by atoms with van der Waals surface area (Å²) in [6, 6.07) is 30.8. The highest BCUT2D eigenvalue weighted by atomic mass is 35.5. The molecule has 0 fully saturated rings. The zero-order valence-corrected chi connectivity index (χ0v) is 19.8. The molecule has 0 saturated carbocycles. The minimum atomic E-state index is -0.0933. The van der Waals surface area contributed by atoms with Gasteiger partial charge in [-0.25, -0.2) is 0 Å². The SMILES string of the molecule is O=C(Cc1ccc(Cl)cc1)Nc1ccc(SCC(=O)n2c3ccccc3c3ccccc32)cc1. The second-order valence-electron chi connectivity index (χ2n) is 7.93. The Morgan fingerprint density at radius 1 is 0.765 bits per heavy atom. The summed E-state index contributed by atoms with van der Waals surface area (Å²) in [6.45, 7) is 0. The lowest BCUT2D eigenvalue weighted by Gasteiger charge is -2.08. The highest BCUT2D eigenvalue weighted by Gasteiger charge is 2.15. The Morgan fingerprint density at radius 3 is 1.97 bits per heavy atom. The number of nitrogens with zero attached hydrogens (tertiary/aromatic N) is 1. The van der Waals surface area contributed by atoms with Gasteiger partial charge in [-0.3, -0.25) is 14.2 Å². The van der Waals surface area contributed by atoms with Gasteiger partial charge in [0.05, 0.1) is 23.2 Å². The van der Waals surface area contributed by atoms with Gasteiger partial charge in [0.25, 0.3) is 0 Å². The predicted molar refractivity (Wildman–Crippen MR) is 141 cm³/mol. The molecule has 0 aliphatic carbocycles. The van der Waals surface area contributed by atoms with Crippen LogP contribution in [-0.4, -0.2) is 22.1 Å². The quantitative estimate of drug-likeness (QED) is 0.262. The smallest absolute Gasteiger partial charge is 0.241 e. The molecule has 0 radical (unpaired) electrons. The second kappa shape index (κ2) is 9.75. The van der Waals surface area contributed by atoms with Gasteiger partial charge in [0.2, 0.25) is 11.8 Å². The van der Waals surface area contributed by atoms with Crippen molar-refractivity contribution in [2.75, 3.05) is 11.1 Å². The van der Waals surface area contributed by atoms with E-state index in [0.717, 1.165) is 38.0 Å². The molecular formula is C28H21ClN2O2S. The van der Waals surface area contributed by atoms with Crippen LogP contribution in [0.1, 0.15) is 10.4 Å². The standard InChI is InChI=1S/C28H21ClN2O2S/c29-20-11-9-19(10-12-20)17-27(32)30-21-13-15-22(16-14-21)34-18-28(33)31-25-7-3-1-5-23(25)24-6-2-4-8-26(24)31/h1-16H,17-18H2,(H,30,32). The van der Waals surface area contributed by atoms with Crippen LogP contribution in [0.5, 0.6) is 0 Å². The maximum Gasteiger partial charge on any atom is 0.241 e. The summed E-state index contributed by atoms with van der Waals surface area (Å²) < 4.78 is 1.81. The number of hydrogen-bond acceptors (Lipinski definition) is 3. The number of amides is 1. The van der Waals surface area contributed by atoms with Gasteiger partial charge >= 0.3 is 0 Å². The van der Waals surface area contributed by atoms with Crippen LogP contribution in [0.3, 0.4) is 0 Å². The van der Waals surface area contributed by atoms with E-state index in [2.05, 4.69) is 17.4 Å². The number of halogens is 1. The molecule has 0 aliphatic rings. The molecule has 4 aromatic carbocycles. The van der Waals surface area contributed by atoms with E-state index in [1.165, 1.54) is 11.8 Å². The number of hydrogen-bond donors (Lipinski definition) is 1. The Balaban J connectivity index is 1.24. The molecule has 5 rings (SSSR count). The molecule has 5 aromatic rings. The third kappa shape index (κ3) is 4.72. The van der Waals surface area contributed by atoms with Gasteiger partial charge in [0, 0.05) is 26.4 Å². The molecule has 1 N–H and O–H groups in total. The van der Waals surface area contributed by atoms with Crippen molar-refractivity contribution in [2.24, 2.45) is 0 Å². The number of carbonyl (C=O) groups excluding carboxylic acids is 2. The number of benzene rings is 4. The number of rotatable bonds is 6. The fraction of sp³-hybridized carbons (Fsp3) is 0.0714. The van der Waals surface area contributed by atoms with Gasteiger partial charge in [0.15, 0.2) is 0 Å². The molecule has 4 nitrogen and oxygen atoms in total. The molecule has 1 aromatic heterocycles. The van der Waals surface area contributed by atoms with Gasteiger partial charge in [-0.2, -0.15) is 0 Å². The van der Waals surface area contributed by atoms with Crippen molar-refractivity contribution in [3.8, 4) is 0 Å². The highest BCUT2D eigenvalue weighted by Crippen LogP contribution is 2.30. The third-order valence-corrected chi connectivity index (χ3v) is 6.86. The van der Waals surface area contributed by atoms with Crippen molar-refractivity contribution in [1.29, 1.82) is 0 Å². The zero-order valence-electron chi connectivity index (χ0n) is 18.2. The molecule has 1 heterocycles. The number of anilines is 1. The lowest BCUT2D eigenvalue weighted by atomic mass is 10.1. The Bertz CT molecular complexity index is 1440. The Kier molecular flexibility index (Phi) is 6.39. The summed E-state index contributed by atoms with van der Waals surface area (Å²) in [7, 11) is 0. The third-order valence-electron chi connectivity index (χ3n) is 5.61. The van der Waals surface area contributed by atoms with E-state index in [-0.39, 0.29) is 18.2 Å². The van der Waals surface area contributed by atoms with Gasteiger partial charge in [0.1, 0.15) is 0 Å². The first-order valence-electron chi connectivity index (χ1n) is 10.9. The van der Waals surface area contributed by atoms with Gasteiger partial charge < -0.3 is 5.32 Å². The van der Waals surface area contributed by atoms with E-state index < -0.39 is 0 Å². The fourth-order valence-corrected chi connectivity index (χ4v) is 4.90. The Labute approximate surface area is 206 Å².